The van der Waals surface area contributed by atoms with Crippen LogP contribution in [0.15, 0.2) is 46.0 Å². The number of benzene rings is 1. The molecule has 0 spiro atoms. The minimum absolute atomic E-state index is 0.210. The van der Waals surface area contributed by atoms with Gasteiger partial charge in [0, 0.05) is 18.7 Å². The van der Waals surface area contributed by atoms with Gasteiger partial charge in [0.1, 0.15) is 16.6 Å². The predicted octanol–water partition coefficient (Wildman–Crippen LogP) is 2.95. The highest BCUT2D eigenvalue weighted by atomic mass is 32.2. The van der Waals surface area contributed by atoms with E-state index in [9.17, 15) is 8.42 Å². The monoisotopic (exact) mass is 368 g/mol. The highest BCUT2D eigenvalue weighted by molar-refractivity contribution is 7.91. The fourth-order valence-corrected chi connectivity index (χ4v) is 4.32. The minimum Gasteiger partial charge on any atom is -0.492 e. The van der Waals surface area contributed by atoms with Crippen LogP contribution in [0, 0.1) is 0 Å². The van der Waals surface area contributed by atoms with E-state index >= 15 is 0 Å². The number of sulfonamides is 1. The molecule has 0 unspecified atom stereocenters. The molecular weight excluding hydrogens is 344 g/mol. The molecule has 24 heavy (non-hydrogen) atoms. The van der Waals surface area contributed by atoms with Gasteiger partial charge in [0.05, 0.1) is 0 Å². The van der Waals surface area contributed by atoms with Crippen molar-refractivity contribution < 1.29 is 13.2 Å². The molecule has 2 rings (SSSR count). The zero-order chi connectivity index (χ0) is 17.4. The van der Waals surface area contributed by atoms with Gasteiger partial charge in [0.25, 0.3) is 0 Å². The molecule has 0 atom stereocenters. The first kappa shape index (κ1) is 18.9. The first-order valence-electron chi connectivity index (χ1n) is 8.03. The van der Waals surface area contributed by atoms with Crippen molar-refractivity contribution in [1.82, 2.24) is 9.62 Å². The Bertz CT molecular complexity index is 711. The Hall–Kier alpha value is -1.41. The lowest BCUT2D eigenvalue weighted by Gasteiger charge is -2.19. The maximum absolute atomic E-state index is 12.2. The molecule has 7 heteroatoms. The maximum atomic E-state index is 12.2. The molecule has 0 amide bonds. The van der Waals surface area contributed by atoms with Crippen LogP contribution in [0.25, 0.3) is 0 Å². The zero-order valence-electron chi connectivity index (χ0n) is 14.1. The lowest BCUT2D eigenvalue weighted by Crippen LogP contribution is -2.28. The number of likely N-dealkylation sites (N-methyl/N-ethyl adjacent to an activating group) is 1. The van der Waals surface area contributed by atoms with Gasteiger partial charge in [-0.3, -0.25) is 0 Å². The summed E-state index contributed by atoms with van der Waals surface area (Å²) in [6, 6.07) is 10.8. The highest BCUT2D eigenvalue weighted by Crippen LogP contribution is 2.20. The summed E-state index contributed by atoms with van der Waals surface area (Å²) in [6.45, 7) is 7.86. The minimum atomic E-state index is -3.47. The van der Waals surface area contributed by atoms with E-state index in [4.69, 9.17) is 4.74 Å². The molecule has 0 aliphatic carbocycles. The van der Waals surface area contributed by atoms with Gasteiger partial charge < -0.3 is 9.64 Å². The van der Waals surface area contributed by atoms with Crippen molar-refractivity contribution in [2.24, 2.45) is 0 Å². The molecule has 1 N–H and O–H groups in total. The number of hydrogen-bond acceptors (Lipinski definition) is 5. The third-order valence-electron chi connectivity index (χ3n) is 3.74. The molecule has 0 radical (unpaired) electrons. The summed E-state index contributed by atoms with van der Waals surface area (Å²) in [4.78, 5) is 2.28. The van der Waals surface area contributed by atoms with Gasteiger partial charge >= 0.3 is 0 Å². The number of thiophene rings is 1. The summed E-state index contributed by atoms with van der Waals surface area (Å²) in [5.41, 5.74) is 0.831. The van der Waals surface area contributed by atoms with Gasteiger partial charge in [-0.1, -0.05) is 38.1 Å². The largest absolute Gasteiger partial charge is 0.492 e. The third-order valence-corrected chi connectivity index (χ3v) is 6.54. The fourth-order valence-electron chi connectivity index (χ4n) is 2.28. The van der Waals surface area contributed by atoms with Crippen LogP contribution in [0.1, 0.15) is 19.4 Å². The van der Waals surface area contributed by atoms with Crippen molar-refractivity contribution in [3.05, 3.63) is 47.3 Å². The molecule has 1 heterocycles. The second-order valence-corrected chi connectivity index (χ2v) is 8.18. The van der Waals surface area contributed by atoms with Crippen LogP contribution >= 0.6 is 11.3 Å². The van der Waals surface area contributed by atoms with Crippen molar-refractivity contribution in [2.45, 2.75) is 24.6 Å². The first-order chi connectivity index (χ1) is 11.6. The molecule has 0 aliphatic rings. The normalized spacial score (nSPS) is 11.8. The molecule has 2 aromatic rings. The molecule has 5 nitrogen and oxygen atoms in total. The first-order valence-corrected chi connectivity index (χ1v) is 10.4. The van der Waals surface area contributed by atoms with Crippen LogP contribution in [-0.4, -0.2) is 39.6 Å². The molecule has 0 fully saturated rings. The van der Waals surface area contributed by atoms with Gasteiger partial charge in [0.15, 0.2) is 0 Å². The van der Waals surface area contributed by atoms with Crippen LogP contribution in [0.5, 0.6) is 5.75 Å². The van der Waals surface area contributed by atoms with E-state index in [0.29, 0.717) is 10.8 Å². The van der Waals surface area contributed by atoms with Crippen LogP contribution in [0.2, 0.25) is 0 Å². The Balaban J connectivity index is 1.96. The van der Waals surface area contributed by atoms with Crippen molar-refractivity contribution in [3.63, 3.8) is 0 Å². The molecule has 0 bridgehead atoms. The number of nitrogens with zero attached hydrogens (tertiary/aromatic N) is 1. The van der Waals surface area contributed by atoms with E-state index < -0.39 is 10.0 Å². The SMILES string of the molecule is CCN(CC)CCOc1ccccc1CNS(=O)(=O)c1cccs1. The Morgan fingerprint density at radius 2 is 1.88 bits per heavy atom. The second kappa shape index (κ2) is 9.17. The molecule has 132 valence electrons. The van der Waals surface area contributed by atoms with Crippen LogP contribution in [-0.2, 0) is 16.6 Å². The van der Waals surface area contributed by atoms with Crippen LogP contribution in [0.4, 0.5) is 0 Å². The molecule has 0 saturated carbocycles. The van der Waals surface area contributed by atoms with E-state index in [1.54, 1.807) is 17.5 Å². The zero-order valence-corrected chi connectivity index (χ0v) is 15.7. The fraction of sp³-hybridized carbons (Fsp3) is 0.412. The number of rotatable bonds is 10. The van der Waals surface area contributed by atoms with Crippen LogP contribution in [0.3, 0.4) is 0 Å². The predicted molar refractivity (Wildman–Crippen MR) is 98.1 cm³/mol. The number of nitrogens with one attached hydrogen (secondary N) is 1. The average molecular weight is 369 g/mol. The van der Waals surface area contributed by atoms with E-state index in [-0.39, 0.29) is 6.54 Å². The molecular formula is C17H24N2O3S2. The molecule has 1 aromatic heterocycles. The van der Waals surface area contributed by atoms with E-state index in [2.05, 4.69) is 23.5 Å². The maximum Gasteiger partial charge on any atom is 0.250 e. The third kappa shape index (κ3) is 5.31. The van der Waals surface area contributed by atoms with Gasteiger partial charge in [-0.15, -0.1) is 11.3 Å². The summed E-state index contributed by atoms with van der Waals surface area (Å²) < 4.78 is 33.2. The Labute approximate surface area is 148 Å². The lowest BCUT2D eigenvalue weighted by atomic mass is 10.2. The highest BCUT2D eigenvalue weighted by Gasteiger charge is 2.15. The van der Waals surface area contributed by atoms with Crippen molar-refractivity contribution in [3.8, 4) is 5.75 Å². The van der Waals surface area contributed by atoms with Crippen LogP contribution < -0.4 is 9.46 Å². The van der Waals surface area contributed by atoms with E-state index in [1.165, 1.54) is 11.3 Å². The summed E-state index contributed by atoms with van der Waals surface area (Å²) in [7, 11) is -3.47. The van der Waals surface area contributed by atoms with Gasteiger partial charge in [-0.25, -0.2) is 13.1 Å². The number of hydrogen-bond donors (Lipinski definition) is 1. The number of para-hydroxylation sites is 1. The Morgan fingerprint density at radius 1 is 1.12 bits per heavy atom. The van der Waals surface area contributed by atoms with E-state index in [0.717, 1.165) is 30.9 Å². The molecule has 1 aromatic carbocycles. The standard InChI is InChI=1S/C17H24N2O3S2/c1-3-19(4-2)11-12-22-16-9-6-5-8-15(16)14-18-24(20,21)17-10-7-13-23-17/h5-10,13,18H,3-4,11-12,14H2,1-2H3. The average Bonchev–Trinajstić information content (AvgIpc) is 3.13. The van der Waals surface area contributed by atoms with Crippen molar-refractivity contribution in [2.75, 3.05) is 26.2 Å². The number of ether oxygens (including phenoxy) is 1. The Kier molecular flexibility index (Phi) is 7.23. The van der Waals surface area contributed by atoms with Gasteiger partial charge in [-0.2, -0.15) is 0 Å². The van der Waals surface area contributed by atoms with Crippen molar-refractivity contribution in [1.29, 1.82) is 0 Å². The quantitative estimate of drug-likeness (QED) is 0.700. The molecule has 0 aliphatic heterocycles. The summed E-state index contributed by atoms with van der Waals surface area (Å²) in [5, 5.41) is 1.75. The van der Waals surface area contributed by atoms with Crippen molar-refractivity contribution >= 4 is 21.4 Å². The summed E-state index contributed by atoms with van der Waals surface area (Å²) in [5.74, 6) is 0.721. The van der Waals surface area contributed by atoms with Gasteiger partial charge in [0.2, 0.25) is 10.0 Å². The molecule has 0 saturated heterocycles. The van der Waals surface area contributed by atoms with Gasteiger partial charge in [-0.05, 0) is 30.6 Å². The van der Waals surface area contributed by atoms with E-state index in [1.807, 2.05) is 24.3 Å². The topological polar surface area (TPSA) is 58.6 Å². The smallest absolute Gasteiger partial charge is 0.250 e. The summed E-state index contributed by atoms with van der Waals surface area (Å²) in [6.07, 6.45) is 0. The summed E-state index contributed by atoms with van der Waals surface area (Å²) >= 11 is 1.20. The Morgan fingerprint density at radius 3 is 2.54 bits per heavy atom. The second-order valence-electron chi connectivity index (χ2n) is 5.24. The lowest BCUT2D eigenvalue weighted by molar-refractivity contribution is 0.221.